The number of benzene rings is 2. The van der Waals surface area contributed by atoms with E-state index in [9.17, 15) is 9.59 Å². The molecule has 1 heterocycles. The van der Waals surface area contributed by atoms with Gasteiger partial charge in [0, 0.05) is 13.1 Å². The van der Waals surface area contributed by atoms with Gasteiger partial charge in [-0.2, -0.15) is 0 Å². The normalized spacial score (nSPS) is 18.2. The van der Waals surface area contributed by atoms with Crippen molar-refractivity contribution in [3.8, 4) is 0 Å². The Morgan fingerprint density at radius 2 is 1.49 bits per heavy atom. The molecule has 1 aliphatic heterocycles. The van der Waals surface area contributed by atoms with E-state index >= 15 is 0 Å². The predicted molar refractivity (Wildman–Crippen MR) is 134 cm³/mol. The second-order valence-electron chi connectivity index (χ2n) is 10.1. The maximum Gasteiger partial charge on any atom is 0.413 e. The first-order valence-corrected chi connectivity index (χ1v) is 12.1. The molecule has 0 bridgehead atoms. The molecule has 1 aliphatic rings. The van der Waals surface area contributed by atoms with Crippen LogP contribution in [0.2, 0.25) is 0 Å². The minimum Gasteiger partial charge on any atom is -0.466 e. The quantitative estimate of drug-likeness (QED) is 0.469. The molecule has 1 fully saturated rings. The zero-order valence-electron chi connectivity index (χ0n) is 21.7. The SMILES string of the molecule is CC[C@H]([C@H](OC(=O)N1C(C)(C)COC1(C)C)C(=O)OC)N(Cc1ccccc1)Cc1ccccc1. The molecule has 35 heavy (non-hydrogen) atoms. The van der Waals surface area contributed by atoms with Gasteiger partial charge >= 0.3 is 12.1 Å². The van der Waals surface area contributed by atoms with Crippen LogP contribution >= 0.6 is 0 Å². The summed E-state index contributed by atoms with van der Waals surface area (Å²) >= 11 is 0. The van der Waals surface area contributed by atoms with E-state index in [2.05, 4.69) is 29.2 Å². The molecule has 3 rings (SSSR count). The van der Waals surface area contributed by atoms with E-state index < -0.39 is 35.5 Å². The standard InChI is InChI=1S/C28H38N2O5/c1-7-23(29(18-21-14-10-8-11-15-21)19-22-16-12-9-13-17-22)24(25(31)33-6)35-26(32)30-27(2,3)20-34-28(30,4)5/h8-17,23-24H,7,18-20H2,1-6H3/t23-,24+/m1/s1. The summed E-state index contributed by atoms with van der Waals surface area (Å²) in [6.07, 6.45) is -1.11. The average molecular weight is 483 g/mol. The van der Waals surface area contributed by atoms with Crippen LogP contribution in [0.5, 0.6) is 0 Å². The number of esters is 1. The van der Waals surface area contributed by atoms with Crippen molar-refractivity contribution in [1.82, 2.24) is 9.80 Å². The number of carbonyl (C=O) groups is 2. The molecule has 0 aliphatic carbocycles. The van der Waals surface area contributed by atoms with E-state index in [4.69, 9.17) is 14.2 Å². The summed E-state index contributed by atoms with van der Waals surface area (Å²) in [5.41, 5.74) is 0.784. The third-order valence-electron chi connectivity index (χ3n) is 6.46. The second-order valence-corrected chi connectivity index (χ2v) is 10.1. The number of amides is 1. The minimum absolute atomic E-state index is 0.378. The fourth-order valence-corrected chi connectivity index (χ4v) is 4.83. The molecule has 2 aromatic rings. The van der Waals surface area contributed by atoms with Crippen molar-refractivity contribution in [3.05, 3.63) is 71.8 Å². The van der Waals surface area contributed by atoms with Crippen LogP contribution in [0.25, 0.3) is 0 Å². The fraction of sp³-hybridized carbons (Fsp3) is 0.500. The van der Waals surface area contributed by atoms with Crippen LogP contribution in [0, 0.1) is 0 Å². The van der Waals surface area contributed by atoms with Crippen LogP contribution < -0.4 is 0 Å². The zero-order chi connectivity index (χ0) is 25.6. The minimum atomic E-state index is -1.10. The van der Waals surface area contributed by atoms with Crippen molar-refractivity contribution >= 4 is 12.1 Å². The second kappa shape index (κ2) is 11.2. The highest BCUT2D eigenvalue weighted by Crippen LogP contribution is 2.35. The topological polar surface area (TPSA) is 68.3 Å². The highest BCUT2D eigenvalue weighted by molar-refractivity contribution is 5.80. The molecule has 0 saturated carbocycles. The fourth-order valence-electron chi connectivity index (χ4n) is 4.83. The van der Waals surface area contributed by atoms with Crippen LogP contribution in [0.3, 0.4) is 0 Å². The van der Waals surface area contributed by atoms with Crippen molar-refractivity contribution in [2.24, 2.45) is 0 Å². The van der Waals surface area contributed by atoms with Crippen molar-refractivity contribution in [2.45, 2.75) is 77.5 Å². The van der Waals surface area contributed by atoms with Crippen LogP contribution in [0.1, 0.15) is 52.2 Å². The van der Waals surface area contributed by atoms with Gasteiger partial charge in [-0.25, -0.2) is 9.59 Å². The van der Waals surface area contributed by atoms with Crippen LogP contribution in [0.15, 0.2) is 60.7 Å². The maximum atomic E-state index is 13.5. The molecule has 7 nitrogen and oxygen atoms in total. The average Bonchev–Trinajstić information content (AvgIpc) is 3.06. The van der Waals surface area contributed by atoms with Crippen LogP contribution in [-0.4, -0.2) is 59.0 Å². The molecule has 190 valence electrons. The van der Waals surface area contributed by atoms with Crippen molar-refractivity contribution in [1.29, 1.82) is 0 Å². The Bertz CT molecular complexity index is 920. The van der Waals surface area contributed by atoms with E-state index in [1.807, 2.05) is 71.0 Å². The molecular weight excluding hydrogens is 444 g/mol. The first kappa shape index (κ1) is 26.7. The highest BCUT2D eigenvalue weighted by atomic mass is 16.6. The first-order chi connectivity index (χ1) is 16.6. The Morgan fingerprint density at radius 1 is 0.971 bits per heavy atom. The van der Waals surface area contributed by atoms with E-state index in [0.717, 1.165) is 11.1 Å². The molecule has 1 saturated heterocycles. The van der Waals surface area contributed by atoms with Gasteiger partial charge in [-0.1, -0.05) is 67.6 Å². The molecule has 1 amide bonds. The Kier molecular flexibility index (Phi) is 8.56. The lowest BCUT2D eigenvalue weighted by molar-refractivity contribution is -0.157. The van der Waals surface area contributed by atoms with Crippen molar-refractivity contribution < 1.29 is 23.8 Å². The van der Waals surface area contributed by atoms with E-state index in [1.54, 1.807) is 4.90 Å². The van der Waals surface area contributed by atoms with Gasteiger partial charge < -0.3 is 14.2 Å². The summed E-state index contributed by atoms with van der Waals surface area (Å²) in [5, 5.41) is 0. The summed E-state index contributed by atoms with van der Waals surface area (Å²) in [5.74, 6) is -0.577. The first-order valence-electron chi connectivity index (χ1n) is 12.1. The maximum absolute atomic E-state index is 13.5. The highest BCUT2D eigenvalue weighted by Gasteiger charge is 2.51. The van der Waals surface area contributed by atoms with Gasteiger partial charge in [0.25, 0.3) is 0 Å². The largest absolute Gasteiger partial charge is 0.466 e. The van der Waals surface area contributed by atoms with Gasteiger partial charge in [0.15, 0.2) is 0 Å². The van der Waals surface area contributed by atoms with Gasteiger partial charge in [0.2, 0.25) is 6.10 Å². The van der Waals surface area contributed by atoms with E-state index in [0.29, 0.717) is 26.1 Å². The van der Waals surface area contributed by atoms with E-state index in [-0.39, 0.29) is 0 Å². The lowest BCUT2D eigenvalue weighted by atomic mass is 10.0. The number of ether oxygens (including phenoxy) is 3. The number of rotatable bonds is 9. The molecule has 2 aromatic carbocycles. The monoisotopic (exact) mass is 482 g/mol. The molecule has 2 atom stereocenters. The number of carbonyl (C=O) groups excluding carboxylic acids is 2. The lowest BCUT2D eigenvalue weighted by Crippen LogP contribution is -2.56. The lowest BCUT2D eigenvalue weighted by Gasteiger charge is -2.40. The molecule has 7 heteroatoms. The van der Waals surface area contributed by atoms with Gasteiger partial charge in [-0.3, -0.25) is 9.80 Å². The number of hydrogen-bond donors (Lipinski definition) is 0. The van der Waals surface area contributed by atoms with E-state index in [1.165, 1.54) is 7.11 Å². The Morgan fingerprint density at radius 3 is 1.89 bits per heavy atom. The van der Waals surface area contributed by atoms with Crippen LogP contribution in [0.4, 0.5) is 4.79 Å². The summed E-state index contributed by atoms with van der Waals surface area (Å²) < 4.78 is 16.9. The molecule has 0 radical (unpaired) electrons. The summed E-state index contributed by atoms with van der Waals surface area (Å²) in [6, 6.07) is 19.7. The predicted octanol–water partition coefficient (Wildman–Crippen LogP) is 4.99. The summed E-state index contributed by atoms with van der Waals surface area (Å²) in [7, 11) is 1.32. The Balaban J connectivity index is 1.93. The van der Waals surface area contributed by atoms with Gasteiger partial charge in [0.1, 0.15) is 5.72 Å². The molecule has 0 N–H and O–H groups in total. The third kappa shape index (κ3) is 6.41. The summed E-state index contributed by atoms with van der Waals surface area (Å²) in [4.78, 5) is 30.2. The third-order valence-corrected chi connectivity index (χ3v) is 6.46. The smallest absolute Gasteiger partial charge is 0.413 e. The van der Waals surface area contributed by atoms with Crippen molar-refractivity contribution in [3.63, 3.8) is 0 Å². The molecule has 0 unspecified atom stereocenters. The molecule has 0 spiro atoms. The number of nitrogens with zero attached hydrogens (tertiary/aromatic N) is 2. The van der Waals surface area contributed by atoms with Crippen LogP contribution in [-0.2, 0) is 32.1 Å². The van der Waals surface area contributed by atoms with Crippen molar-refractivity contribution in [2.75, 3.05) is 13.7 Å². The number of hydrogen-bond acceptors (Lipinski definition) is 6. The van der Waals surface area contributed by atoms with Gasteiger partial charge in [-0.15, -0.1) is 0 Å². The summed E-state index contributed by atoms with van der Waals surface area (Å²) in [6.45, 7) is 11.0. The van der Waals surface area contributed by atoms with Gasteiger partial charge in [-0.05, 0) is 45.2 Å². The Labute approximate surface area is 209 Å². The molecular formula is C28H38N2O5. The number of methoxy groups -OCH3 is 1. The molecule has 0 aromatic heterocycles. The van der Waals surface area contributed by atoms with Gasteiger partial charge in [0.05, 0.1) is 25.3 Å². The Hall–Kier alpha value is -2.90. The zero-order valence-corrected chi connectivity index (χ0v) is 21.7.